The Balaban J connectivity index is 2.94. The predicted molar refractivity (Wildman–Crippen MR) is 76.5 cm³/mol. The van der Waals surface area contributed by atoms with E-state index < -0.39 is 0 Å². The molecule has 2 nitrogen and oxygen atoms in total. The van der Waals surface area contributed by atoms with E-state index in [1.54, 1.807) is 0 Å². The van der Waals surface area contributed by atoms with Crippen molar-refractivity contribution in [3.63, 3.8) is 0 Å². The van der Waals surface area contributed by atoms with Gasteiger partial charge in [-0.15, -0.1) is 0 Å². The van der Waals surface area contributed by atoms with Crippen LogP contribution in [0.5, 0.6) is 0 Å². The van der Waals surface area contributed by atoms with Gasteiger partial charge >= 0.3 is 0 Å². The summed E-state index contributed by atoms with van der Waals surface area (Å²) in [5.41, 5.74) is 0. The second-order valence-corrected chi connectivity index (χ2v) is 5.67. The third-order valence-electron chi connectivity index (χ3n) is 2.84. The summed E-state index contributed by atoms with van der Waals surface area (Å²) < 4.78 is 5.62. The van der Waals surface area contributed by atoms with Crippen molar-refractivity contribution in [3.8, 4) is 0 Å². The molecule has 0 amide bonds. The third kappa shape index (κ3) is 15.9. The molecule has 0 rings (SSSR count). The number of nitrogens with one attached hydrogen (secondary N) is 1. The summed E-state index contributed by atoms with van der Waals surface area (Å²) in [4.78, 5) is 0. The van der Waals surface area contributed by atoms with Crippen LogP contribution in [0.1, 0.15) is 66.2 Å². The Labute approximate surface area is 109 Å². The zero-order chi connectivity index (χ0) is 12.9. The van der Waals surface area contributed by atoms with Crippen LogP contribution in [0.3, 0.4) is 0 Å². The van der Waals surface area contributed by atoms with E-state index in [2.05, 4.69) is 33.0 Å². The average Bonchev–Trinajstić information content (AvgIpc) is 2.25. The van der Waals surface area contributed by atoms with Gasteiger partial charge in [-0.1, -0.05) is 40.5 Å². The van der Waals surface area contributed by atoms with E-state index in [4.69, 9.17) is 4.74 Å². The molecule has 0 aliphatic carbocycles. The van der Waals surface area contributed by atoms with Crippen LogP contribution in [0.4, 0.5) is 0 Å². The SMILES string of the molecule is CC(C)CCCCOCCCCCNC(C)C. The van der Waals surface area contributed by atoms with Crippen LogP contribution in [0, 0.1) is 5.92 Å². The molecule has 0 saturated heterocycles. The molecule has 104 valence electrons. The minimum absolute atomic E-state index is 0.618. The summed E-state index contributed by atoms with van der Waals surface area (Å²) in [6.45, 7) is 12.0. The molecular formula is C15H33NO. The van der Waals surface area contributed by atoms with Crippen LogP contribution in [-0.2, 0) is 4.74 Å². The number of hydrogen-bond donors (Lipinski definition) is 1. The zero-order valence-corrected chi connectivity index (χ0v) is 12.4. The molecule has 0 aromatic heterocycles. The molecule has 2 heteroatoms. The molecule has 0 saturated carbocycles. The van der Waals surface area contributed by atoms with E-state index in [0.29, 0.717) is 6.04 Å². The van der Waals surface area contributed by atoms with Crippen molar-refractivity contribution in [3.05, 3.63) is 0 Å². The molecule has 0 radical (unpaired) electrons. The lowest BCUT2D eigenvalue weighted by molar-refractivity contribution is 0.125. The fourth-order valence-electron chi connectivity index (χ4n) is 1.76. The summed E-state index contributed by atoms with van der Waals surface area (Å²) in [5, 5.41) is 3.43. The highest BCUT2D eigenvalue weighted by Gasteiger charge is 1.95. The molecule has 17 heavy (non-hydrogen) atoms. The lowest BCUT2D eigenvalue weighted by Crippen LogP contribution is -2.23. The first-order valence-electron chi connectivity index (χ1n) is 7.44. The molecule has 1 N–H and O–H groups in total. The lowest BCUT2D eigenvalue weighted by Gasteiger charge is -2.08. The van der Waals surface area contributed by atoms with Crippen molar-refractivity contribution in [1.29, 1.82) is 0 Å². The maximum atomic E-state index is 5.62. The van der Waals surface area contributed by atoms with Crippen molar-refractivity contribution in [2.24, 2.45) is 5.92 Å². The Hall–Kier alpha value is -0.0800. The lowest BCUT2D eigenvalue weighted by atomic mass is 10.1. The fraction of sp³-hybridized carbons (Fsp3) is 1.00. The summed E-state index contributed by atoms with van der Waals surface area (Å²) >= 11 is 0. The monoisotopic (exact) mass is 243 g/mol. The van der Waals surface area contributed by atoms with Crippen LogP contribution < -0.4 is 5.32 Å². The first-order chi connectivity index (χ1) is 8.13. The predicted octanol–water partition coefficient (Wildman–Crippen LogP) is 4.00. The van der Waals surface area contributed by atoms with Crippen molar-refractivity contribution < 1.29 is 4.74 Å². The highest BCUT2D eigenvalue weighted by Crippen LogP contribution is 2.06. The molecule has 0 heterocycles. The maximum absolute atomic E-state index is 5.62. The first-order valence-corrected chi connectivity index (χ1v) is 7.44. The number of unbranched alkanes of at least 4 members (excludes halogenated alkanes) is 3. The van der Waals surface area contributed by atoms with Gasteiger partial charge in [0.2, 0.25) is 0 Å². The molecule has 0 spiro atoms. The zero-order valence-electron chi connectivity index (χ0n) is 12.4. The van der Waals surface area contributed by atoms with Crippen molar-refractivity contribution in [2.75, 3.05) is 19.8 Å². The van der Waals surface area contributed by atoms with E-state index in [1.807, 2.05) is 0 Å². The second-order valence-electron chi connectivity index (χ2n) is 5.67. The van der Waals surface area contributed by atoms with E-state index in [1.165, 1.54) is 38.5 Å². The van der Waals surface area contributed by atoms with Gasteiger partial charge in [-0.2, -0.15) is 0 Å². The van der Waals surface area contributed by atoms with E-state index in [0.717, 1.165) is 25.7 Å². The Morgan fingerprint density at radius 2 is 1.47 bits per heavy atom. The van der Waals surface area contributed by atoms with Crippen molar-refractivity contribution in [1.82, 2.24) is 5.32 Å². The van der Waals surface area contributed by atoms with Crippen LogP contribution >= 0.6 is 0 Å². The van der Waals surface area contributed by atoms with Crippen molar-refractivity contribution >= 4 is 0 Å². The molecule has 0 unspecified atom stereocenters. The summed E-state index contributed by atoms with van der Waals surface area (Å²) in [7, 11) is 0. The van der Waals surface area contributed by atoms with Crippen LogP contribution in [0.15, 0.2) is 0 Å². The molecule has 0 fully saturated rings. The fourth-order valence-corrected chi connectivity index (χ4v) is 1.76. The van der Waals surface area contributed by atoms with Gasteiger partial charge in [-0.3, -0.25) is 0 Å². The largest absolute Gasteiger partial charge is 0.381 e. The van der Waals surface area contributed by atoms with Crippen LogP contribution in [0.25, 0.3) is 0 Å². The second kappa shape index (κ2) is 12.4. The van der Waals surface area contributed by atoms with Gasteiger partial charge in [0.1, 0.15) is 0 Å². The van der Waals surface area contributed by atoms with Gasteiger partial charge in [0.05, 0.1) is 0 Å². The molecule has 0 aromatic carbocycles. The Bertz CT molecular complexity index is 130. The average molecular weight is 243 g/mol. The summed E-state index contributed by atoms with van der Waals surface area (Å²) in [6, 6.07) is 0.618. The topological polar surface area (TPSA) is 21.3 Å². The van der Waals surface area contributed by atoms with Gasteiger partial charge in [-0.05, 0) is 38.1 Å². The molecular weight excluding hydrogens is 210 g/mol. The summed E-state index contributed by atoms with van der Waals surface area (Å²) in [5.74, 6) is 0.837. The van der Waals surface area contributed by atoms with Crippen LogP contribution in [-0.4, -0.2) is 25.8 Å². The number of ether oxygens (including phenoxy) is 1. The van der Waals surface area contributed by atoms with Gasteiger partial charge in [0, 0.05) is 19.3 Å². The maximum Gasteiger partial charge on any atom is 0.0466 e. The van der Waals surface area contributed by atoms with E-state index in [9.17, 15) is 0 Å². The van der Waals surface area contributed by atoms with Gasteiger partial charge in [0.25, 0.3) is 0 Å². The Morgan fingerprint density at radius 3 is 2.06 bits per heavy atom. The van der Waals surface area contributed by atoms with Crippen LogP contribution in [0.2, 0.25) is 0 Å². The smallest absolute Gasteiger partial charge is 0.0466 e. The van der Waals surface area contributed by atoms with Gasteiger partial charge in [-0.25, -0.2) is 0 Å². The van der Waals surface area contributed by atoms with E-state index >= 15 is 0 Å². The minimum atomic E-state index is 0.618. The molecule has 0 aliphatic heterocycles. The molecule has 0 aromatic rings. The quantitative estimate of drug-likeness (QED) is 0.523. The molecule has 0 atom stereocenters. The van der Waals surface area contributed by atoms with Gasteiger partial charge < -0.3 is 10.1 Å². The van der Waals surface area contributed by atoms with E-state index in [-0.39, 0.29) is 0 Å². The number of rotatable bonds is 12. The highest BCUT2D eigenvalue weighted by molar-refractivity contribution is 4.53. The third-order valence-corrected chi connectivity index (χ3v) is 2.84. The number of hydrogen-bond acceptors (Lipinski definition) is 2. The minimum Gasteiger partial charge on any atom is -0.381 e. The van der Waals surface area contributed by atoms with Crippen molar-refractivity contribution in [2.45, 2.75) is 72.3 Å². The highest BCUT2D eigenvalue weighted by atomic mass is 16.5. The summed E-state index contributed by atoms with van der Waals surface area (Å²) in [6.07, 6.45) is 7.65. The molecule has 0 aliphatic rings. The first kappa shape index (κ1) is 16.9. The van der Waals surface area contributed by atoms with Gasteiger partial charge in [0.15, 0.2) is 0 Å². The Kier molecular flexibility index (Phi) is 12.3. The Morgan fingerprint density at radius 1 is 0.824 bits per heavy atom. The normalized spacial score (nSPS) is 11.6. The standard InChI is InChI=1S/C15H33NO/c1-14(2)10-6-9-13-17-12-8-5-7-11-16-15(3)4/h14-16H,5-13H2,1-4H3. The molecule has 0 bridgehead atoms.